The Labute approximate surface area is 106 Å². The number of piperidine rings is 1. The van der Waals surface area contributed by atoms with Crippen LogP contribution in [0.1, 0.15) is 41.6 Å². The molecule has 0 saturated carbocycles. The molecule has 3 rings (SSSR count). The molecular formula is C14H15N3O. The van der Waals surface area contributed by atoms with Gasteiger partial charge in [0.25, 0.3) is 0 Å². The van der Waals surface area contributed by atoms with Crippen LogP contribution in [-0.4, -0.2) is 22.9 Å². The van der Waals surface area contributed by atoms with Gasteiger partial charge in [-0.05, 0) is 31.7 Å². The number of Topliss-reactive ketones (excluding diaryl/α,β-unsaturated/α-hetero) is 1. The van der Waals surface area contributed by atoms with Gasteiger partial charge in [-0.15, -0.1) is 0 Å². The molecule has 2 fully saturated rings. The first-order valence-electron chi connectivity index (χ1n) is 6.41. The number of nitrogens with zero attached hydrogens (tertiary/aromatic N) is 2. The standard InChI is InChI=1S/C14H15N3O/c15-6-9-3-11(8-16-7-9)14(18)10-4-12-1-2-13(5-10)17-12/h3,7-8,10,12-13,17H,1-2,4-5H2. The number of carbonyl (C=O) groups is 1. The molecule has 4 nitrogen and oxygen atoms in total. The largest absolute Gasteiger partial charge is 0.311 e. The van der Waals surface area contributed by atoms with Gasteiger partial charge < -0.3 is 5.32 Å². The fourth-order valence-corrected chi connectivity index (χ4v) is 3.14. The Kier molecular flexibility index (Phi) is 2.85. The molecule has 0 aromatic carbocycles. The molecule has 0 spiro atoms. The summed E-state index contributed by atoms with van der Waals surface area (Å²) < 4.78 is 0. The predicted octanol–water partition coefficient (Wildman–Crippen LogP) is 1.67. The Morgan fingerprint density at radius 2 is 2.06 bits per heavy atom. The van der Waals surface area contributed by atoms with E-state index in [9.17, 15) is 4.79 Å². The quantitative estimate of drug-likeness (QED) is 0.800. The third kappa shape index (κ3) is 2.02. The monoisotopic (exact) mass is 241 g/mol. The van der Waals surface area contributed by atoms with Gasteiger partial charge in [0.15, 0.2) is 5.78 Å². The molecule has 1 N–H and O–H groups in total. The van der Waals surface area contributed by atoms with E-state index in [1.165, 1.54) is 19.0 Å². The minimum absolute atomic E-state index is 0.0968. The van der Waals surface area contributed by atoms with Gasteiger partial charge in [0.1, 0.15) is 6.07 Å². The maximum absolute atomic E-state index is 12.4. The Hall–Kier alpha value is -1.73. The van der Waals surface area contributed by atoms with Gasteiger partial charge in [-0.3, -0.25) is 9.78 Å². The first-order valence-corrected chi connectivity index (χ1v) is 6.41. The Bertz CT molecular complexity index is 508. The molecule has 4 heteroatoms. The van der Waals surface area contributed by atoms with E-state index in [0.717, 1.165) is 12.8 Å². The zero-order chi connectivity index (χ0) is 12.5. The van der Waals surface area contributed by atoms with Crippen molar-refractivity contribution in [1.29, 1.82) is 5.26 Å². The number of nitrogens with one attached hydrogen (secondary N) is 1. The molecule has 92 valence electrons. The third-order valence-electron chi connectivity index (χ3n) is 4.00. The number of fused-ring (bicyclic) bond motifs is 2. The predicted molar refractivity (Wildman–Crippen MR) is 66.0 cm³/mol. The van der Waals surface area contributed by atoms with Gasteiger partial charge in [0.2, 0.25) is 0 Å². The molecule has 2 aliphatic rings. The van der Waals surface area contributed by atoms with Crippen molar-refractivity contribution in [2.45, 2.75) is 37.8 Å². The van der Waals surface area contributed by atoms with Crippen LogP contribution in [0.5, 0.6) is 0 Å². The fraction of sp³-hybridized carbons (Fsp3) is 0.500. The highest BCUT2D eigenvalue weighted by Gasteiger charge is 2.36. The minimum atomic E-state index is 0.0968. The lowest BCUT2D eigenvalue weighted by molar-refractivity contribution is 0.0875. The summed E-state index contributed by atoms with van der Waals surface area (Å²) >= 11 is 0. The first-order chi connectivity index (χ1) is 8.76. The molecular weight excluding hydrogens is 226 g/mol. The van der Waals surface area contributed by atoms with Gasteiger partial charge >= 0.3 is 0 Å². The molecule has 18 heavy (non-hydrogen) atoms. The van der Waals surface area contributed by atoms with Crippen LogP contribution < -0.4 is 5.32 Å². The average molecular weight is 241 g/mol. The normalized spacial score (nSPS) is 29.8. The van der Waals surface area contributed by atoms with Crippen molar-refractivity contribution in [2.75, 3.05) is 0 Å². The zero-order valence-corrected chi connectivity index (χ0v) is 10.1. The van der Waals surface area contributed by atoms with Crippen LogP contribution in [0.25, 0.3) is 0 Å². The molecule has 2 atom stereocenters. The lowest BCUT2D eigenvalue weighted by Crippen LogP contribution is -2.40. The van der Waals surface area contributed by atoms with Crippen LogP contribution in [-0.2, 0) is 0 Å². The molecule has 1 aromatic rings. The number of nitriles is 1. The molecule has 3 heterocycles. The summed E-state index contributed by atoms with van der Waals surface area (Å²) in [5.41, 5.74) is 1.04. The molecule has 0 radical (unpaired) electrons. The Balaban J connectivity index is 1.80. The van der Waals surface area contributed by atoms with Crippen LogP contribution in [0.3, 0.4) is 0 Å². The number of carbonyl (C=O) groups excluding carboxylic acids is 1. The highest BCUT2D eigenvalue weighted by atomic mass is 16.1. The van der Waals surface area contributed by atoms with Crippen molar-refractivity contribution in [3.8, 4) is 6.07 Å². The van der Waals surface area contributed by atoms with E-state index in [-0.39, 0.29) is 11.7 Å². The highest BCUT2D eigenvalue weighted by Crippen LogP contribution is 2.32. The zero-order valence-electron chi connectivity index (χ0n) is 10.1. The van der Waals surface area contributed by atoms with Gasteiger partial charge in [-0.25, -0.2) is 0 Å². The maximum Gasteiger partial charge on any atom is 0.167 e. The molecule has 2 aliphatic heterocycles. The number of hydrogen-bond donors (Lipinski definition) is 1. The van der Waals surface area contributed by atoms with Crippen molar-refractivity contribution in [2.24, 2.45) is 5.92 Å². The van der Waals surface area contributed by atoms with Crippen molar-refractivity contribution in [3.63, 3.8) is 0 Å². The van der Waals surface area contributed by atoms with Crippen LogP contribution in [0.4, 0.5) is 0 Å². The minimum Gasteiger partial charge on any atom is -0.311 e. The van der Waals surface area contributed by atoms with Crippen molar-refractivity contribution in [3.05, 3.63) is 29.6 Å². The second-order valence-corrected chi connectivity index (χ2v) is 5.24. The van der Waals surface area contributed by atoms with Gasteiger partial charge in [-0.2, -0.15) is 5.26 Å². The van der Waals surface area contributed by atoms with E-state index in [1.807, 2.05) is 6.07 Å². The smallest absolute Gasteiger partial charge is 0.167 e. The second kappa shape index (κ2) is 4.51. The molecule has 1 aromatic heterocycles. The van der Waals surface area contributed by atoms with E-state index in [1.54, 1.807) is 12.3 Å². The fourth-order valence-electron chi connectivity index (χ4n) is 3.14. The van der Waals surface area contributed by atoms with Crippen LogP contribution in [0.2, 0.25) is 0 Å². The summed E-state index contributed by atoms with van der Waals surface area (Å²) in [5.74, 6) is 0.248. The SMILES string of the molecule is N#Cc1cncc(C(=O)C2CC3CCC(C2)N3)c1. The summed E-state index contributed by atoms with van der Waals surface area (Å²) in [7, 11) is 0. The maximum atomic E-state index is 12.4. The molecule has 2 unspecified atom stereocenters. The summed E-state index contributed by atoms with van der Waals surface area (Å²) in [5, 5.41) is 12.4. The van der Waals surface area contributed by atoms with Crippen LogP contribution in [0, 0.1) is 17.2 Å². The Morgan fingerprint density at radius 1 is 1.33 bits per heavy atom. The Morgan fingerprint density at radius 3 is 2.72 bits per heavy atom. The number of hydrogen-bond acceptors (Lipinski definition) is 4. The second-order valence-electron chi connectivity index (χ2n) is 5.24. The number of pyridine rings is 1. The first kappa shape index (κ1) is 11.4. The number of aromatic nitrogens is 1. The third-order valence-corrected chi connectivity index (χ3v) is 4.00. The lowest BCUT2D eigenvalue weighted by atomic mass is 9.86. The van der Waals surface area contributed by atoms with Crippen LogP contribution in [0.15, 0.2) is 18.5 Å². The van der Waals surface area contributed by atoms with Crippen molar-refractivity contribution >= 4 is 5.78 Å². The van der Waals surface area contributed by atoms with Crippen molar-refractivity contribution < 1.29 is 4.79 Å². The van der Waals surface area contributed by atoms with E-state index >= 15 is 0 Å². The van der Waals surface area contributed by atoms with Gasteiger partial charge in [-0.1, -0.05) is 0 Å². The summed E-state index contributed by atoms with van der Waals surface area (Å²) in [6.07, 6.45) is 7.28. The lowest BCUT2D eigenvalue weighted by Gasteiger charge is -2.28. The number of rotatable bonds is 2. The van der Waals surface area contributed by atoms with Crippen LogP contribution >= 0.6 is 0 Å². The summed E-state index contributed by atoms with van der Waals surface area (Å²) in [6.45, 7) is 0. The summed E-state index contributed by atoms with van der Waals surface area (Å²) in [6, 6.07) is 4.69. The van der Waals surface area contributed by atoms with E-state index in [4.69, 9.17) is 5.26 Å². The number of ketones is 1. The van der Waals surface area contributed by atoms with Gasteiger partial charge in [0.05, 0.1) is 5.56 Å². The van der Waals surface area contributed by atoms with E-state index in [2.05, 4.69) is 10.3 Å². The molecule has 2 saturated heterocycles. The molecule has 0 aliphatic carbocycles. The van der Waals surface area contributed by atoms with E-state index < -0.39 is 0 Å². The van der Waals surface area contributed by atoms with E-state index in [0.29, 0.717) is 23.2 Å². The topological polar surface area (TPSA) is 65.8 Å². The molecule has 2 bridgehead atoms. The highest BCUT2D eigenvalue weighted by molar-refractivity contribution is 5.98. The summed E-state index contributed by atoms with van der Waals surface area (Å²) in [4.78, 5) is 16.4. The average Bonchev–Trinajstić information content (AvgIpc) is 2.76. The van der Waals surface area contributed by atoms with Crippen molar-refractivity contribution in [1.82, 2.24) is 10.3 Å². The molecule has 0 amide bonds. The van der Waals surface area contributed by atoms with Gasteiger partial charge in [0, 0.05) is 36.0 Å².